The van der Waals surface area contributed by atoms with E-state index in [0.717, 1.165) is 21.1 Å². The molecule has 0 aromatic rings. The average Bonchev–Trinajstić information content (AvgIpc) is 2.09. The van der Waals surface area contributed by atoms with E-state index in [1.165, 1.54) is 0 Å². The summed E-state index contributed by atoms with van der Waals surface area (Å²) in [4.78, 5) is 0. The van der Waals surface area contributed by atoms with Gasteiger partial charge in [-0.25, -0.2) is 16.8 Å². The van der Waals surface area contributed by atoms with E-state index >= 15 is 0 Å². The highest BCUT2D eigenvalue weighted by Crippen LogP contribution is 2.11. The first-order valence-electron chi connectivity index (χ1n) is 5.26. The molecule has 1 aliphatic rings. The highest BCUT2D eigenvalue weighted by atomic mass is 32.2. The molecule has 1 fully saturated rings. The molecule has 18 heavy (non-hydrogen) atoms. The van der Waals surface area contributed by atoms with Crippen LogP contribution in [0.3, 0.4) is 0 Å². The van der Waals surface area contributed by atoms with Gasteiger partial charge in [0.15, 0.2) is 0 Å². The largest absolute Gasteiger partial charge is 0.390 e. The van der Waals surface area contributed by atoms with Crippen molar-refractivity contribution in [2.75, 3.05) is 38.7 Å². The van der Waals surface area contributed by atoms with Gasteiger partial charge in [0.2, 0.25) is 20.0 Å². The van der Waals surface area contributed by atoms with E-state index in [4.69, 9.17) is 0 Å². The molecule has 0 radical (unpaired) electrons. The predicted molar refractivity (Wildman–Crippen MR) is 64.8 cm³/mol. The monoisotopic (exact) mass is 302 g/mol. The van der Waals surface area contributed by atoms with Gasteiger partial charge in [0.1, 0.15) is 0 Å². The van der Waals surface area contributed by atoms with Crippen molar-refractivity contribution in [3.05, 3.63) is 0 Å². The summed E-state index contributed by atoms with van der Waals surface area (Å²) in [6, 6.07) is 0. The minimum atomic E-state index is -3.54. The quantitative estimate of drug-likeness (QED) is 0.571. The van der Waals surface area contributed by atoms with Crippen molar-refractivity contribution >= 4 is 20.0 Å². The van der Waals surface area contributed by atoms with Crippen LogP contribution < -0.4 is 0 Å². The Bertz CT molecular complexity index is 430. The fourth-order valence-corrected chi connectivity index (χ4v) is 3.52. The Morgan fingerprint density at radius 2 is 1.00 bits per heavy atom. The van der Waals surface area contributed by atoms with Crippen molar-refractivity contribution in [3.8, 4) is 0 Å². The Kier molecular flexibility index (Phi) is 4.73. The van der Waals surface area contributed by atoms with Crippen LogP contribution in [0.25, 0.3) is 0 Å². The third kappa shape index (κ3) is 4.44. The second kappa shape index (κ2) is 5.39. The lowest BCUT2D eigenvalue weighted by Crippen LogP contribution is -2.52. The number of hydrogen-bond acceptors (Lipinski definition) is 6. The normalized spacial score (nSPS) is 29.8. The van der Waals surface area contributed by atoms with E-state index in [9.17, 15) is 27.0 Å². The van der Waals surface area contributed by atoms with Crippen LogP contribution in [0.2, 0.25) is 0 Å². The van der Waals surface area contributed by atoms with Crippen molar-refractivity contribution in [2.45, 2.75) is 12.2 Å². The molecular weight excluding hydrogens is 284 g/mol. The van der Waals surface area contributed by atoms with Gasteiger partial charge in [0.25, 0.3) is 0 Å². The SMILES string of the molecule is CS(=O)(=O)N1CC(O)CN(S(C)(=O)=O)CC(O)C1. The first-order chi connectivity index (χ1) is 8.00. The fraction of sp³-hybridized carbons (Fsp3) is 1.00. The molecule has 0 atom stereocenters. The van der Waals surface area contributed by atoms with Crippen LogP contribution in [-0.2, 0) is 20.0 Å². The van der Waals surface area contributed by atoms with Crippen LogP contribution >= 0.6 is 0 Å². The molecule has 0 aliphatic carbocycles. The van der Waals surface area contributed by atoms with Crippen molar-refractivity contribution < 1.29 is 27.0 Å². The molecule has 0 bridgehead atoms. The molecule has 8 nitrogen and oxygen atoms in total. The van der Waals surface area contributed by atoms with Gasteiger partial charge >= 0.3 is 0 Å². The molecule has 0 aromatic heterocycles. The number of rotatable bonds is 2. The van der Waals surface area contributed by atoms with Crippen LogP contribution in [0.15, 0.2) is 0 Å². The molecule has 108 valence electrons. The summed E-state index contributed by atoms with van der Waals surface area (Å²) >= 11 is 0. The predicted octanol–water partition coefficient (Wildman–Crippen LogP) is -2.75. The molecule has 0 unspecified atom stereocenters. The number of nitrogens with zero attached hydrogens (tertiary/aromatic N) is 2. The third-order valence-electron chi connectivity index (χ3n) is 2.60. The van der Waals surface area contributed by atoms with Crippen molar-refractivity contribution in [3.63, 3.8) is 0 Å². The molecule has 0 saturated carbocycles. The standard InChI is InChI=1S/C8H18N2O6S2/c1-17(13,14)9-3-7(11)5-10(18(2,15)16)6-8(12)4-9/h7-8,11-12H,3-6H2,1-2H3. The Balaban J connectivity index is 2.91. The lowest BCUT2D eigenvalue weighted by Gasteiger charge is -2.33. The summed E-state index contributed by atoms with van der Waals surface area (Å²) < 4.78 is 47.5. The zero-order valence-electron chi connectivity index (χ0n) is 10.2. The number of aliphatic hydroxyl groups excluding tert-OH is 2. The van der Waals surface area contributed by atoms with Crippen molar-refractivity contribution in [1.82, 2.24) is 8.61 Å². The Morgan fingerprint density at radius 3 is 1.17 bits per heavy atom. The fourth-order valence-electron chi connectivity index (χ4n) is 1.75. The number of sulfonamides is 2. The topological polar surface area (TPSA) is 115 Å². The van der Waals surface area contributed by atoms with Gasteiger partial charge < -0.3 is 10.2 Å². The Morgan fingerprint density at radius 1 is 0.778 bits per heavy atom. The zero-order valence-corrected chi connectivity index (χ0v) is 11.9. The van der Waals surface area contributed by atoms with Gasteiger partial charge in [0.05, 0.1) is 24.7 Å². The first kappa shape index (κ1) is 15.8. The van der Waals surface area contributed by atoms with Gasteiger partial charge in [-0.1, -0.05) is 0 Å². The van der Waals surface area contributed by atoms with Gasteiger partial charge in [-0.05, 0) is 0 Å². The van der Waals surface area contributed by atoms with Gasteiger partial charge in [-0.15, -0.1) is 0 Å². The summed E-state index contributed by atoms with van der Waals surface area (Å²) in [5, 5.41) is 19.3. The first-order valence-corrected chi connectivity index (χ1v) is 8.96. The van der Waals surface area contributed by atoms with Crippen LogP contribution in [0.5, 0.6) is 0 Å². The molecule has 0 amide bonds. The molecule has 1 saturated heterocycles. The van der Waals surface area contributed by atoms with Crippen molar-refractivity contribution in [1.29, 1.82) is 0 Å². The van der Waals surface area contributed by atoms with Gasteiger partial charge in [-0.3, -0.25) is 0 Å². The summed E-state index contributed by atoms with van der Waals surface area (Å²) in [5.74, 6) is 0. The molecule has 0 aromatic carbocycles. The number of hydrogen-bond donors (Lipinski definition) is 2. The van der Waals surface area contributed by atoms with E-state index < -0.39 is 32.3 Å². The van der Waals surface area contributed by atoms with Gasteiger partial charge in [0, 0.05) is 26.2 Å². The lowest BCUT2D eigenvalue weighted by atomic mass is 10.2. The Labute approximate surface area is 107 Å². The van der Waals surface area contributed by atoms with Crippen LogP contribution in [0, 0.1) is 0 Å². The smallest absolute Gasteiger partial charge is 0.211 e. The number of aliphatic hydroxyl groups is 2. The summed E-state index contributed by atoms with van der Waals surface area (Å²) in [6.07, 6.45) is -0.297. The maximum Gasteiger partial charge on any atom is 0.211 e. The molecule has 1 aliphatic heterocycles. The van der Waals surface area contributed by atoms with E-state index in [1.54, 1.807) is 0 Å². The van der Waals surface area contributed by atoms with E-state index in [0.29, 0.717) is 0 Å². The van der Waals surface area contributed by atoms with Crippen LogP contribution in [0.1, 0.15) is 0 Å². The Hall–Kier alpha value is -0.260. The highest BCUT2D eigenvalue weighted by Gasteiger charge is 2.31. The number of β-amino-alcohol motifs (C(OH)–C–C–N with tert-alkyl or cyclic N) is 2. The molecule has 2 N–H and O–H groups in total. The van der Waals surface area contributed by atoms with Crippen LogP contribution in [-0.4, -0.2) is 86.6 Å². The van der Waals surface area contributed by atoms with Crippen LogP contribution in [0.4, 0.5) is 0 Å². The summed E-state index contributed by atoms with van der Waals surface area (Å²) in [7, 11) is -7.08. The maximum absolute atomic E-state index is 11.4. The average molecular weight is 302 g/mol. The molecule has 1 rings (SSSR count). The minimum absolute atomic E-state index is 0.234. The molecule has 0 spiro atoms. The van der Waals surface area contributed by atoms with E-state index in [1.807, 2.05) is 0 Å². The lowest BCUT2D eigenvalue weighted by molar-refractivity contribution is 0.0553. The second-order valence-corrected chi connectivity index (χ2v) is 8.43. The highest BCUT2D eigenvalue weighted by molar-refractivity contribution is 7.88. The molecule has 10 heteroatoms. The molecular formula is C8H18N2O6S2. The third-order valence-corrected chi connectivity index (χ3v) is 5.07. The van der Waals surface area contributed by atoms with E-state index in [2.05, 4.69) is 0 Å². The summed E-state index contributed by atoms with van der Waals surface area (Å²) in [5.41, 5.74) is 0. The summed E-state index contributed by atoms with van der Waals surface area (Å²) in [6.45, 7) is -0.937. The second-order valence-electron chi connectivity index (χ2n) is 4.47. The van der Waals surface area contributed by atoms with Gasteiger partial charge in [-0.2, -0.15) is 8.61 Å². The maximum atomic E-state index is 11.4. The zero-order chi connectivity index (χ0) is 14.1. The minimum Gasteiger partial charge on any atom is -0.390 e. The van der Waals surface area contributed by atoms with Crippen molar-refractivity contribution in [2.24, 2.45) is 0 Å². The molecule has 1 heterocycles. The van der Waals surface area contributed by atoms with E-state index in [-0.39, 0.29) is 26.2 Å².